The lowest BCUT2D eigenvalue weighted by atomic mass is 9.95. The summed E-state index contributed by atoms with van der Waals surface area (Å²) in [7, 11) is 0. The molecule has 2 aromatic rings. The lowest BCUT2D eigenvalue weighted by molar-refractivity contribution is 0.617. The third-order valence-corrected chi connectivity index (χ3v) is 4.04. The summed E-state index contributed by atoms with van der Waals surface area (Å²) in [5.41, 5.74) is 9.98. The first-order valence-corrected chi connectivity index (χ1v) is 6.56. The van der Waals surface area contributed by atoms with Gasteiger partial charge < -0.3 is 5.73 Å². The minimum absolute atomic E-state index is 0.197. The van der Waals surface area contributed by atoms with Crippen molar-refractivity contribution in [2.75, 3.05) is 0 Å². The minimum Gasteiger partial charge on any atom is -0.320 e. The molecule has 2 rings (SSSR count). The highest BCUT2D eigenvalue weighted by Crippen LogP contribution is 2.28. The Balaban J connectivity index is 2.44. The summed E-state index contributed by atoms with van der Waals surface area (Å²) >= 11 is 3.50. The summed E-state index contributed by atoms with van der Waals surface area (Å²) in [6.07, 6.45) is 0. The van der Waals surface area contributed by atoms with Gasteiger partial charge in [0.25, 0.3) is 0 Å². The van der Waals surface area contributed by atoms with E-state index in [1.807, 2.05) is 25.1 Å². The van der Waals surface area contributed by atoms with Crippen LogP contribution in [0, 0.1) is 19.7 Å². The molecule has 0 aliphatic rings. The second-order valence-electron chi connectivity index (χ2n) is 4.44. The third-order valence-electron chi connectivity index (χ3n) is 3.19. The van der Waals surface area contributed by atoms with Crippen LogP contribution < -0.4 is 5.73 Å². The van der Waals surface area contributed by atoms with E-state index in [9.17, 15) is 4.39 Å². The maximum absolute atomic E-state index is 13.3. The molecule has 0 amide bonds. The number of nitrogens with two attached hydrogens (primary N) is 1. The lowest BCUT2D eigenvalue weighted by Gasteiger charge is -2.16. The fourth-order valence-electron chi connectivity index (χ4n) is 2.00. The lowest BCUT2D eigenvalue weighted by Crippen LogP contribution is -2.13. The van der Waals surface area contributed by atoms with Crippen molar-refractivity contribution in [1.82, 2.24) is 0 Å². The van der Waals surface area contributed by atoms with Gasteiger partial charge in [-0.1, -0.05) is 40.2 Å². The molecule has 0 spiro atoms. The highest BCUT2D eigenvalue weighted by Gasteiger charge is 2.13. The minimum atomic E-state index is -0.234. The molecular formula is C15H15BrFN. The molecule has 0 fully saturated rings. The van der Waals surface area contributed by atoms with Gasteiger partial charge in [0.2, 0.25) is 0 Å². The quantitative estimate of drug-likeness (QED) is 0.881. The van der Waals surface area contributed by atoms with E-state index in [1.165, 1.54) is 6.07 Å². The summed E-state index contributed by atoms with van der Waals surface area (Å²) in [6.45, 7) is 3.77. The molecule has 0 bridgehead atoms. The van der Waals surface area contributed by atoms with Crippen molar-refractivity contribution in [3.05, 3.63) is 68.9 Å². The van der Waals surface area contributed by atoms with Gasteiger partial charge in [0.15, 0.2) is 0 Å². The molecule has 0 saturated heterocycles. The van der Waals surface area contributed by atoms with Crippen LogP contribution in [0.5, 0.6) is 0 Å². The van der Waals surface area contributed by atoms with Crippen molar-refractivity contribution < 1.29 is 4.39 Å². The molecule has 0 aliphatic heterocycles. The highest BCUT2D eigenvalue weighted by molar-refractivity contribution is 9.10. The SMILES string of the molecule is Cc1cc(C(N)c2cccc(Br)c2C)ccc1F. The van der Waals surface area contributed by atoms with Gasteiger partial charge in [-0.3, -0.25) is 0 Å². The smallest absolute Gasteiger partial charge is 0.126 e. The van der Waals surface area contributed by atoms with Crippen LogP contribution in [0.15, 0.2) is 40.9 Å². The Bertz CT molecular complexity index is 581. The Morgan fingerprint density at radius 2 is 1.89 bits per heavy atom. The second kappa shape index (κ2) is 5.21. The second-order valence-corrected chi connectivity index (χ2v) is 5.29. The van der Waals surface area contributed by atoms with E-state index < -0.39 is 0 Å². The van der Waals surface area contributed by atoms with E-state index in [-0.39, 0.29) is 11.9 Å². The first-order chi connectivity index (χ1) is 8.50. The predicted molar refractivity (Wildman–Crippen MR) is 76.0 cm³/mol. The van der Waals surface area contributed by atoms with Crippen molar-refractivity contribution in [2.24, 2.45) is 5.73 Å². The van der Waals surface area contributed by atoms with Crippen molar-refractivity contribution in [3.63, 3.8) is 0 Å². The van der Waals surface area contributed by atoms with Crippen LogP contribution in [0.2, 0.25) is 0 Å². The monoisotopic (exact) mass is 307 g/mol. The van der Waals surface area contributed by atoms with E-state index in [0.717, 1.165) is 21.2 Å². The summed E-state index contributed by atoms with van der Waals surface area (Å²) in [5, 5.41) is 0. The van der Waals surface area contributed by atoms with Crippen LogP contribution in [0.25, 0.3) is 0 Å². The Labute approximate surface area is 115 Å². The van der Waals surface area contributed by atoms with Crippen LogP contribution in [-0.2, 0) is 0 Å². The van der Waals surface area contributed by atoms with Crippen LogP contribution >= 0.6 is 15.9 Å². The number of benzene rings is 2. The Hall–Kier alpha value is -1.19. The molecule has 2 N–H and O–H groups in total. The molecule has 0 aliphatic carbocycles. The Kier molecular flexibility index (Phi) is 3.83. The molecule has 94 valence electrons. The van der Waals surface area contributed by atoms with Crippen LogP contribution in [0.4, 0.5) is 4.39 Å². The van der Waals surface area contributed by atoms with Crippen LogP contribution in [-0.4, -0.2) is 0 Å². The van der Waals surface area contributed by atoms with Gasteiger partial charge in [-0.05, 0) is 48.2 Å². The molecule has 0 saturated carbocycles. The Morgan fingerprint density at radius 3 is 2.56 bits per heavy atom. The van der Waals surface area contributed by atoms with Crippen molar-refractivity contribution in [1.29, 1.82) is 0 Å². The largest absolute Gasteiger partial charge is 0.320 e. The predicted octanol–water partition coefficient (Wildman–Crippen LogP) is 4.25. The molecule has 0 aromatic heterocycles. The van der Waals surface area contributed by atoms with E-state index in [0.29, 0.717) is 5.56 Å². The number of aryl methyl sites for hydroxylation is 1. The Morgan fingerprint density at radius 1 is 1.17 bits per heavy atom. The zero-order valence-corrected chi connectivity index (χ0v) is 12.0. The van der Waals surface area contributed by atoms with Gasteiger partial charge in [-0.25, -0.2) is 4.39 Å². The van der Waals surface area contributed by atoms with Gasteiger partial charge in [-0.2, -0.15) is 0 Å². The maximum atomic E-state index is 13.3. The van der Waals surface area contributed by atoms with E-state index in [2.05, 4.69) is 15.9 Å². The zero-order valence-electron chi connectivity index (χ0n) is 10.4. The number of hydrogen-bond acceptors (Lipinski definition) is 1. The fourth-order valence-corrected chi connectivity index (χ4v) is 2.38. The standard InChI is InChI=1S/C15H15BrFN/c1-9-8-11(6-7-14(9)17)15(18)12-4-3-5-13(16)10(12)2/h3-8,15H,18H2,1-2H3. The van der Waals surface area contributed by atoms with Gasteiger partial charge in [0.1, 0.15) is 5.82 Å². The van der Waals surface area contributed by atoms with E-state index in [4.69, 9.17) is 5.73 Å². The molecular weight excluding hydrogens is 293 g/mol. The topological polar surface area (TPSA) is 26.0 Å². The molecule has 0 radical (unpaired) electrons. The van der Waals surface area contributed by atoms with Gasteiger partial charge >= 0.3 is 0 Å². The average molecular weight is 308 g/mol. The first-order valence-electron chi connectivity index (χ1n) is 5.77. The number of rotatable bonds is 2. The molecule has 3 heteroatoms. The fraction of sp³-hybridized carbons (Fsp3) is 0.200. The summed E-state index contributed by atoms with van der Waals surface area (Å²) < 4.78 is 14.3. The average Bonchev–Trinajstić information content (AvgIpc) is 2.35. The van der Waals surface area contributed by atoms with Crippen molar-refractivity contribution >= 4 is 15.9 Å². The molecule has 1 nitrogen and oxygen atoms in total. The van der Waals surface area contributed by atoms with Gasteiger partial charge in [0.05, 0.1) is 6.04 Å². The van der Waals surface area contributed by atoms with Gasteiger partial charge in [-0.15, -0.1) is 0 Å². The van der Waals surface area contributed by atoms with E-state index in [1.54, 1.807) is 19.1 Å². The van der Waals surface area contributed by atoms with Crippen LogP contribution in [0.1, 0.15) is 28.3 Å². The van der Waals surface area contributed by atoms with Crippen molar-refractivity contribution in [2.45, 2.75) is 19.9 Å². The normalized spacial score (nSPS) is 12.5. The maximum Gasteiger partial charge on any atom is 0.126 e. The number of hydrogen-bond donors (Lipinski definition) is 1. The summed E-state index contributed by atoms with van der Waals surface area (Å²) in [6, 6.07) is 10.7. The zero-order chi connectivity index (χ0) is 13.3. The third kappa shape index (κ3) is 2.47. The molecule has 0 heterocycles. The van der Waals surface area contributed by atoms with Crippen LogP contribution in [0.3, 0.4) is 0 Å². The van der Waals surface area contributed by atoms with Crippen molar-refractivity contribution in [3.8, 4) is 0 Å². The molecule has 1 unspecified atom stereocenters. The molecule has 2 aromatic carbocycles. The van der Waals surface area contributed by atoms with Gasteiger partial charge in [0, 0.05) is 4.47 Å². The number of halogens is 2. The summed E-state index contributed by atoms with van der Waals surface area (Å²) in [4.78, 5) is 0. The molecule has 1 atom stereocenters. The molecule has 18 heavy (non-hydrogen) atoms. The highest BCUT2D eigenvalue weighted by atomic mass is 79.9. The summed E-state index contributed by atoms with van der Waals surface area (Å²) in [5.74, 6) is -0.197. The first kappa shape index (κ1) is 13.2. The van der Waals surface area contributed by atoms with E-state index >= 15 is 0 Å².